The summed E-state index contributed by atoms with van der Waals surface area (Å²) in [5.74, 6) is -0.296. The fourth-order valence-electron chi connectivity index (χ4n) is 2.77. The molecule has 0 spiro atoms. The van der Waals surface area contributed by atoms with E-state index in [2.05, 4.69) is 15.6 Å². The normalized spacial score (nSPS) is 10.9. The molecule has 4 rings (SSSR count). The molecule has 0 aliphatic carbocycles. The summed E-state index contributed by atoms with van der Waals surface area (Å²) in [6.45, 7) is 0. The van der Waals surface area contributed by atoms with Gasteiger partial charge < -0.3 is 0 Å². The molecule has 29 heavy (non-hydrogen) atoms. The van der Waals surface area contributed by atoms with Gasteiger partial charge in [0.1, 0.15) is 5.82 Å². The van der Waals surface area contributed by atoms with Crippen molar-refractivity contribution in [2.75, 3.05) is 5.43 Å². The summed E-state index contributed by atoms with van der Waals surface area (Å²) in [6, 6.07) is 26.2. The Labute approximate surface area is 166 Å². The number of aromatic nitrogens is 2. The fourth-order valence-corrected chi connectivity index (χ4v) is 2.77. The number of rotatable bonds is 5. The highest BCUT2D eigenvalue weighted by Crippen LogP contribution is 2.15. The molecule has 4 aromatic rings. The molecular weight excluding hydrogens is 367 g/mol. The van der Waals surface area contributed by atoms with Gasteiger partial charge in [0.25, 0.3) is 5.56 Å². The highest BCUT2D eigenvalue weighted by atomic mass is 19.1. The van der Waals surface area contributed by atoms with Gasteiger partial charge in [-0.2, -0.15) is 14.9 Å². The van der Waals surface area contributed by atoms with Gasteiger partial charge in [0.05, 0.1) is 23.3 Å². The van der Waals surface area contributed by atoms with Crippen LogP contribution in [0.2, 0.25) is 0 Å². The van der Waals surface area contributed by atoms with Gasteiger partial charge in [-0.3, -0.25) is 10.2 Å². The first-order chi connectivity index (χ1) is 14.2. The number of halogens is 1. The molecule has 142 valence electrons. The minimum Gasteiger partial charge on any atom is -0.279 e. The first-order valence-electron chi connectivity index (χ1n) is 9.00. The number of nitrogens with zero attached hydrogens (tertiary/aromatic N) is 3. The van der Waals surface area contributed by atoms with Crippen molar-refractivity contribution >= 4 is 11.9 Å². The van der Waals surface area contributed by atoms with E-state index in [0.717, 1.165) is 16.8 Å². The smallest absolute Gasteiger partial charge is 0.271 e. The van der Waals surface area contributed by atoms with Gasteiger partial charge in [-0.1, -0.05) is 42.5 Å². The molecule has 0 saturated heterocycles. The van der Waals surface area contributed by atoms with E-state index in [4.69, 9.17) is 0 Å². The van der Waals surface area contributed by atoms with E-state index in [1.54, 1.807) is 24.4 Å². The molecule has 0 atom stereocenters. The van der Waals surface area contributed by atoms with E-state index in [1.165, 1.54) is 22.9 Å². The third-order valence-electron chi connectivity index (χ3n) is 4.26. The zero-order valence-electron chi connectivity index (χ0n) is 15.4. The summed E-state index contributed by atoms with van der Waals surface area (Å²) in [5, 5.41) is 8.61. The van der Waals surface area contributed by atoms with Gasteiger partial charge in [-0.05, 0) is 48.0 Å². The molecule has 0 fully saturated rings. The van der Waals surface area contributed by atoms with Crippen LogP contribution in [0.3, 0.4) is 0 Å². The van der Waals surface area contributed by atoms with E-state index in [9.17, 15) is 9.18 Å². The van der Waals surface area contributed by atoms with Crippen LogP contribution in [0, 0.1) is 5.82 Å². The Morgan fingerprint density at radius 1 is 0.862 bits per heavy atom. The molecule has 5 nitrogen and oxygen atoms in total. The standard InChI is InChI=1S/C23H17FN4O/c24-19-8-10-20(11-9-19)26-25-16-17-6-12-21(13-7-17)28-23(29)15-14-22(27-28)18-4-2-1-3-5-18/h1-16,26H/b25-16+. The molecular formula is C23H17FN4O. The summed E-state index contributed by atoms with van der Waals surface area (Å²) < 4.78 is 14.3. The Bertz CT molecular complexity index is 1180. The van der Waals surface area contributed by atoms with Crippen molar-refractivity contribution in [2.45, 2.75) is 0 Å². The quantitative estimate of drug-likeness (QED) is 0.408. The Hall–Kier alpha value is -4.06. The highest BCUT2D eigenvalue weighted by Gasteiger charge is 2.05. The number of hydrazone groups is 1. The van der Waals surface area contributed by atoms with E-state index >= 15 is 0 Å². The highest BCUT2D eigenvalue weighted by molar-refractivity contribution is 5.80. The van der Waals surface area contributed by atoms with Gasteiger partial charge in [-0.25, -0.2) is 4.39 Å². The lowest BCUT2D eigenvalue weighted by atomic mass is 10.1. The van der Waals surface area contributed by atoms with Crippen LogP contribution in [0.15, 0.2) is 101 Å². The molecule has 1 N–H and O–H groups in total. The average molecular weight is 384 g/mol. The third kappa shape index (κ3) is 4.44. The topological polar surface area (TPSA) is 59.3 Å². The number of nitrogens with one attached hydrogen (secondary N) is 1. The maximum Gasteiger partial charge on any atom is 0.271 e. The van der Waals surface area contributed by atoms with Crippen LogP contribution in [-0.4, -0.2) is 16.0 Å². The molecule has 0 aliphatic heterocycles. The van der Waals surface area contributed by atoms with Crippen LogP contribution >= 0.6 is 0 Å². The van der Waals surface area contributed by atoms with Gasteiger partial charge in [0, 0.05) is 11.6 Å². The Morgan fingerprint density at radius 3 is 2.31 bits per heavy atom. The Balaban J connectivity index is 1.52. The van der Waals surface area contributed by atoms with Crippen LogP contribution in [0.4, 0.5) is 10.1 Å². The summed E-state index contributed by atoms with van der Waals surface area (Å²) in [4.78, 5) is 12.3. The average Bonchev–Trinajstić information content (AvgIpc) is 2.77. The van der Waals surface area contributed by atoms with Crippen molar-refractivity contribution in [3.63, 3.8) is 0 Å². The zero-order valence-corrected chi connectivity index (χ0v) is 15.4. The molecule has 0 saturated carbocycles. The van der Waals surface area contributed by atoms with Crippen molar-refractivity contribution in [3.05, 3.63) is 113 Å². The third-order valence-corrected chi connectivity index (χ3v) is 4.26. The lowest BCUT2D eigenvalue weighted by Gasteiger charge is -2.07. The summed E-state index contributed by atoms with van der Waals surface area (Å²) in [6.07, 6.45) is 1.64. The SMILES string of the molecule is O=c1ccc(-c2ccccc2)nn1-c1ccc(/C=N/Nc2ccc(F)cc2)cc1. The lowest BCUT2D eigenvalue weighted by molar-refractivity contribution is 0.628. The second-order valence-electron chi connectivity index (χ2n) is 6.30. The van der Waals surface area contributed by atoms with Gasteiger partial charge in [-0.15, -0.1) is 0 Å². The van der Waals surface area contributed by atoms with Crippen molar-refractivity contribution in [2.24, 2.45) is 5.10 Å². The second kappa shape index (κ2) is 8.31. The summed E-state index contributed by atoms with van der Waals surface area (Å²) in [7, 11) is 0. The summed E-state index contributed by atoms with van der Waals surface area (Å²) >= 11 is 0. The minimum atomic E-state index is -0.296. The Morgan fingerprint density at radius 2 is 1.59 bits per heavy atom. The van der Waals surface area contributed by atoms with Crippen LogP contribution in [0.1, 0.15) is 5.56 Å². The fraction of sp³-hybridized carbons (Fsp3) is 0. The first-order valence-corrected chi connectivity index (χ1v) is 9.00. The van der Waals surface area contributed by atoms with Crippen LogP contribution < -0.4 is 11.0 Å². The van der Waals surface area contributed by atoms with Gasteiger partial charge in [0.15, 0.2) is 0 Å². The zero-order chi connectivity index (χ0) is 20.1. The van der Waals surface area contributed by atoms with E-state index in [0.29, 0.717) is 11.4 Å². The molecule has 0 bridgehead atoms. The number of hydrogen-bond donors (Lipinski definition) is 1. The molecule has 6 heteroatoms. The molecule has 0 radical (unpaired) electrons. The van der Waals surface area contributed by atoms with Crippen LogP contribution in [0.25, 0.3) is 16.9 Å². The van der Waals surface area contributed by atoms with E-state index in [1.807, 2.05) is 54.6 Å². The first kappa shape index (κ1) is 18.3. The predicted molar refractivity (Wildman–Crippen MR) is 113 cm³/mol. The van der Waals surface area contributed by atoms with Crippen molar-refractivity contribution in [3.8, 4) is 16.9 Å². The maximum atomic E-state index is 12.9. The second-order valence-corrected chi connectivity index (χ2v) is 6.30. The van der Waals surface area contributed by atoms with Crippen LogP contribution in [0.5, 0.6) is 0 Å². The molecule has 1 heterocycles. The molecule has 0 unspecified atom stereocenters. The van der Waals surface area contributed by atoms with Crippen molar-refractivity contribution < 1.29 is 4.39 Å². The van der Waals surface area contributed by atoms with E-state index < -0.39 is 0 Å². The molecule has 3 aromatic carbocycles. The van der Waals surface area contributed by atoms with Crippen LogP contribution in [-0.2, 0) is 0 Å². The van der Waals surface area contributed by atoms with Gasteiger partial charge in [0.2, 0.25) is 0 Å². The van der Waals surface area contributed by atoms with Crippen molar-refractivity contribution in [1.29, 1.82) is 0 Å². The Kier molecular flexibility index (Phi) is 5.25. The molecule has 1 aromatic heterocycles. The summed E-state index contributed by atoms with van der Waals surface area (Å²) in [5.41, 5.74) is 6.49. The minimum absolute atomic E-state index is 0.205. The van der Waals surface area contributed by atoms with Gasteiger partial charge >= 0.3 is 0 Å². The molecule has 0 aliphatic rings. The number of benzene rings is 3. The number of anilines is 1. The maximum absolute atomic E-state index is 12.9. The van der Waals surface area contributed by atoms with E-state index in [-0.39, 0.29) is 11.4 Å². The van der Waals surface area contributed by atoms with Crippen molar-refractivity contribution in [1.82, 2.24) is 9.78 Å². The monoisotopic (exact) mass is 384 g/mol. The largest absolute Gasteiger partial charge is 0.279 e. The number of hydrogen-bond acceptors (Lipinski definition) is 4. The lowest BCUT2D eigenvalue weighted by Crippen LogP contribution is -2.20. The molecule has 0 amide bonds. The predicted octanol–water partition coefficient (Wildman–Crippen LogP) is 4.48.